The van der Waals surface area contributed by atoms with Crippen molar-refractivity contribution in [3.63, 3.8) is 0 Å². The van der Waals surface area contributed by atoms with Gasteiger partial charge in [0.05, 0.1) is 0 Å². The maximum Gasteiger partial charge on any atom is 0.573 e. The van der Waals surface area contributed by atoms with Crippen LogP contribution in [0.3, 0.4) is 0 Å². The van der Waals surface area contributed by atoms with E-state index in [0.29, 0.717) is 12.1 Å². The van der Waals surface area contributed by atoms with Crippen LogP contribution in [0.4, 0.5) is 13.2 Å². The maximum atomic E-state index is 12.1. The summed E-state index contributed by atoms with van der Waals surface area (Å²) in [5, 5.41) is 3.14. The molecule has 0 unspecified atom stereocenters. The van der Waals surface area contributed by atoms with Crippen molar-refractivity contribution in [2.45, 2.75) is 20.2 Å². The van der Waals surface area contributed by atoms with Gasteiger partial charge in [0.2, 0.25) is 0 Å². The van der Waals surface area contributed by atoms with E-state index in [9.17, 15) is 13.2 Å². The average molecular weight is 259 g/mol. The second-order valence-electron chi connectivity index (χ2n) is 3.89. The van der Waals surface area contributed by atoms with E-state index >= 15 is 0 Å². The largest absolute Gasteiger partial charge is 0.573 e. The Kier molecular flexibility index (Phi) is 5.22. The topological polar surface area (TPSA) is 21.3 Å². The van der Waals surface area contributed by atoms with Crippen molar-refractivity contribution >= 4 is 6.08 Å². The molecule has 1 aromatic carbocycles. The van der Waals surface area contributed by atoms with Crippen LogP contribution in [0.15, 0.2) is 29.8 Å². The average Bonchev–Trinajstić information content (AvgIpc) is 2.24. The van der Waals surface area contributed by atoms with Gasteiger partial charge in [-0.1, -0.05) is 30.7 Å². The van der Waals surface area contributed by atoms with Crippen LogP contribution >= 0.6 is 0 Å². The van der Waals surface area contributed by atoms with E-state index in [0.717, 1.165) is 12.1 Å². The molecule has 0 atom stereocenters. The summed E-state index contributed by atoms with van der Waals surface area (Å²) in [6, 6.07) is 5.92. The first-order valence-corrected chi connectivity index (χ1v) is 5.64. The van der Waals surface area contributed by atoms with Crippen LogP contribution in [-0.4, -0.2) is 19.5 Å². The Morgan fingerprint density at radius 1 is 1.39 bits per heavy atom. The molecule has 0 radical (unpaired) electrons. The predicted octanol–water partition coefficient (Wildman–Crippen LogP) is 3.60. The molecule has 1 rings (SSSR count). The number of hydrogen-bond donors (Lipinski definition) is 1. The Labute approximate surface area is 104 Å². The van der Waals surface area contributed by atoms with Crippen LogP contribution in [0, 0.1) is 0 Å². The third-order valence-corrected chi connectivity index (χ3v) is 2.16. The van der Waals surface area contributed by atoms with E-state index in [1.54, 1.807) is 6.07 Å². The second kappa shape index (κ2) is 6.44. The number of ether oxygens (including phenoxy) is 1. The molecular formula is C13H16F3NO. The molecule has 0 aliphatic heterocycles. The van der Waals surface area contributed by atoms with Crippen molar-refractivity contribution < 1.29 is 17.9 Å². The zero-order valence-electron chi connectivity index (χ0n) is 10.3. The van der Waals surface area contributed by atoms with Crippen molar-refractivity contribution in [3.05, 3.63) is 35.4 Å². The summed E-state index contributed by atoms with van der Waals surface area (Å²) in [7, 11) is 0. The van der Waals surface area contributed by atoms with E-state index in [4.69, 9.17) is 0 Å². The fraction of sp³-hybridized carbons (Fsp3) is 0.385. The van der Waals surface area contributed by atoms with Crippen molar-refractivity contribution in [3.8, 4) is 5.75 Å². The summed E-state index contributed by atoms with van der Waals surface area (Å²) in [5.74, 6) is -0.201. The maximum absolute atomic E-state index is 12.1. The monoisotopic (exact) mass is 259 g/mol. The Morgan fingerprint density at radius 2 is 2.11 bits per heavy atom. The van der Waals surface area contributed by atoms with E-state index in [-0.39, 0.29) is 5.75 Å². The third-order valence-electron chi connectivity index (χ3n) is 2.16. The van der Waals surface area contributed by atoms with E-state index < -0.39 is 6.36 Å². The van der Waals surface area contributed by atoms with E-state index in [1.807, 2.05) is 19.9 Å². The quantitative estimate of drug-likeness (QED) is 0.872. The SMILES string of the molecule is CCNC/C(C)=C/c1cccc(OC(F)(F)F)c1. The van der Waals surface area contributed by atoms with E-state index in [1.165, 1.54) is 18.2 Å². The molecule has 100 valence electrons. The highest BCUT2D eigenvalue weighted by Gasteiger charge is 2.30. The van der Waals surface area contributed by atoms with Crippen molar-refractivity contribution in [1.82, 2.24) is 5.32 Å². The number of halogens is 3. The molecule has 1 aromatic rings. The zero-order valence-corrected chi connectivity index (χ0v) is 10.3. The number of benzene rings is 1. The Bertz CT molecular complexity index is 413. The molecule has 0 fully saturated rings. The summed E-state index contributed by atoms with van der Waals surface area (Å²) < 4.78 is 40.0. The fourth-order valence-corrected chi connectivity index (χ4v) is 1.46. The molecule has 2 nitrogen and oxygen atoms in total. The minimum Gasteiger partial charge on any atom is -0.406 e. The highest BCUT2D eigenvalue weighted by atomic mass is 19.4. The number of likely N-dealkylation sites (N-methyl/N-ethyl adjacent to an activating group) is 1. The second-order valence-corrected chi connectivity index (χ2v) is 3.89. The van der Waals surface area contributed by atoms with Gasteiger partial charge in [0, 0.05) is 6.54 Å². The van der Waals surface area contributed by atoms with Gasteiger partial charge in [0.1, 0.15) is 5.75 Å². The summed E-state index contributed by atoms with van der Waals surface area (Å²) in [5.41, 5.74) is 1.73. The lowest BCUT2D eigenvalue weighted by Crippen LogP contribution is -2.17. The summed E-state index contributed by atoms with van der Waals surface area (Å²) in [4.78, 5) is 0. The van der Waals surface area contributed by atoms with Crippen LogP contribution in [0.2, 0.25) is 0 Å². The van der Waals surface area contributed by atoms with Crippen LogP contribution < -0.4 is 10.1 Å². The number of nitrogens with one attached hydrogen (secondary N) is 1. The lowest BCUT2D eigenvalue weighted by molar-refractivity contribution is -0.274. The van der Waals surface area contributed by atoms with Gasteiger partial charge >= 0.3 is 6.36 Å². The Morgan fingerprint density at radius 3 is 2.72 bits per heavy atom. The summed E-state index contributed by atoms with van der Waals surface area (Å²) >= 11 is 0. The van der Waals surface area contributed by atoms with Gasteiger partial charge in [0.25, 0.3) is 0 Å². The summed E-state index contributed by atoms with van der Waals surface area (Å²) in [6.45, 7) is 5.47. The molecule has 0 aromatic heterocycles. The van der Waals surface area contributed by atoms with Gasteiger partial charge in [-0.25, -0.2) is 0 Å². The van der Waals surface area contributed by atoms with Gasteiger partial charge in [-0.2, -0.15) is 0 Å². The molecule has 0 amide bonds. The molecule has 18 heavy (non-hydrogen) atoms. The Balaban J connectivity index is 2.76. The molecule has 5 heteroatoms. The van der Waals surface area contributed by atoms with Crippen LogP contribution in [0.1, 0.15) is 19.4 Å². The van der Waals surface area contributed by atoms with Gasteiger partial charge in [-0.3, -0.25) is 0 Å². The lowest BCUT2D eigenvalue weighted by atomic mass is 10.1. The number of alkyl halides is 3. The minimum atomic E-state index is -4.65. The highest BCUT2D eigenvalue weighted by Crippen LogP contribution is 2.23. The highest BCUT2D eigenvalue weighted by molar-refractivity contribution is 5.54. The molecule has 0 aliphatic rings. The fourth-order valence-electron chi connectivity index (χ4n) is 1.46. The van der Waals surface area contributed by atoms with Gasteiger partial charge < -0.3 is 10.1 Å². The summed E-state index contributed by atoms with van der Waals surface area (Å²) in [6.07, 6.45) is -2.83. The third kappa shape index (κ3) is 5.72. The van der Waals surface area contributed by atoms with Crippen LogP contribution in [0.5, 0.6) is 5.75 Å². The molecule has 0 saturated heterocycles. The van der Waals surface area contributed by atoms with Crippen molar-refractivity contribution in [1.29, 1.82) is 0 Å². The van der Waals surface area contributed by atoms with Crippen molar-refractivity contribution in [2.75, 3.05) is 13.1 Å². The van der Waals surface area contributed by atoms with Gasteiger partial charge in [-0.05, 0) is 31.2 Å². The van der Waals surface area contributed by atoms with Crippen LogP contribution in [-0.2, 0) is 0 Å². The smallest absolute Gasteiger partial charge is 0.406 e. The first-order chi connectivity index (χ1) is 8.40. The van der Waals surface area contributed by atoms with Crippen LogP contribution in [0.25, 0.3) is 6.08 Å². The molecule has 0 saturated carbocycles. The van der Waals surface area contributed by atoms with Gasteiger partial charge in [0.15, 0.2) is 0 Å². The predicted molar refractivity (Wildman–Crippen MR) is 65.3 cm³/mol. The standard InChI is InChI=1S/C13H16F3NO/c1-3-17-9-10(2)7-11-5-4-6-12(8-11)18-13(14,15)16/h4-8,17H,3,9H2,1-2H3/b10-7+. The zero-order chi connectivity index (χ0) is 13.6. The Hall–Kier alpha value is -1.49. The number of hydrogen-bond acceptors (Lipinski definition) is 2. The molecule has 1 N–H and O–H groups in total. The first-order valence-electron chi connectivity index (χ1n) is 5.64. The van der Waals surface area contributed by atoms with E-state index in [2.05, 4.69) is 10.1 Å². The molecular weight excluding hydrogens is 243 g/mol. The molecule has 0 spiro atoms. The number of rotatable bonds is 5. The molecule has 0 bridgehead atoms. The normalized spacial score (nSPS) is 12.6. The molecule has 0 heterocycles. The first kappa shape index (κ1) is 14.6. The minimum absolute atomic E-state index is 0.201. The molecule has 0 aliphatic carbocycles. The van der Waals surface area contributed by atoms with Crippen molar-refractivity contribution in [2.24, 2.45) is 0 Å². The van der Waals surface area contributed by atoms with Gasteiger partial charge in [-0.15, -0.1) is 13.2 Å². The lowest BCUT2D eigenvalue weighted by Gasteiger charge is -2.09.